The molecule has 0 aliphatic rings. The van der Waals surface area contributed by atoms with E-state index in [0.29, 0.717) is 0 Å². The van der Waals surface area contributed by atoms with Crippen LogP contribution in [0.3, 0.4) is 0 Å². The van der Waals surface area contributed by atoms with Gasteiger partial charge in [0, 0.05) is 0 Å². The second kappa shape index (κ2) is 7.44. The van der Waals surface area contributed by atoms with E-state index in [2.05, 4.69) is 10.7 Å². The van der Waals surface area contributed by atoms with E-state index in [-0.39, 0.29) is 68.9 Å². The van der Waals surface area contributed by atoms with Crippen LogP contribution in [-0.4, -0.2) is 12.6 Å². The normalized spacial score (nSPS) is 7.00. The molecular formula is C2H4CsNO3. The molecule has 0 saturated carbocycles. The van der Waals surface area contributed by atoms with Crippen LogP contribution in [0, 0.1) is 0 Å². The molecule has 0 bridgehead atoms. The number of nitrogens with two attached hydrogens (primary N) is 1. The van der Waals surface area contributed by atoms with Crippen LogP contribution in [0.5, 0.6) is 0 Å². The first-order chi connectivity index (χ1) is 2.77. The second-order valence-corrected chi connectivity index (χ2v) is 0.683. The fourth-order valence-electron chi connectivity index (χ4n) is 0.0680. The van der Waals surface area contributed by atoms with Gasteiger partial charge in [-0.3, -0.25) is 4.84 Å². The summed E-state index contributed by atoms with van der Waals surface area (Å²) in [5.41, 5.74) is 0. The summed E-state index contributed by atoms with van der Waals surface area (Å²) in [5, 5.41) is 9.28. The molecule has 0 spiro atoms. The minimum absolute atomic E-state index is 0. The Morgan fingerprint density at radius 2 is 2.29 bits per heavy atom. The van der Waals surface area contributed by atoms with E-state index in [0.717, 1.165) is 0 Å². The summed E-state index contributed by atoms with van der Waals surface area (Å²) < 4.78 is 0. The summed E-state index contributed by atoms with van der Waals surface area (Å²) in [7, 11) is 0. The zero-order valence-corrected chi connectivity index (χ0v) is 10.3. The van der Waals surface area contributed by atoms with Crippen molar-refractivity contribution in [3.63, 3.8) is 0 Å². The van der Waals surface area contributed by atoms with Crippen LogP contribution in [0.15, 0.2) is 0 Å². The van der Waals surface area contributed by atoms with Gasteiger partial charge in [-0.05, 0) is 0 Å². The van der Waals surface area contributed by atoms with E-state index in [9.17, 15) is 9.90 Å². The molecule has 0 radical (unpaired) electrons. The van der Waals surface area contributed by atoms with Crippen molar-refractivity contribution in [1.29, 1.82) is 0 Å². The van der Waals surface area contributed by atoms with Crippen molar-refractivity contribution in [2.75, 3.05) is 6.61 Å². The Labute approximate surface area is 99.8 Å². The van der Waals surface area contributed by atoms with Gasteiger partial charge in [0.05, 0.1) is 5.97 Å². The van der Waals surface area contributed by atoms with Crippen molar-refractivity contribution in [3.05, 3.63) is 0 Å². The molecule has 7 heavy (non-hydrogen) atoms. The zero-order chi connectivity index (χ0) is 4.99. The maximum absolute atomic E-state index is 9.28. The number of aliphatic carboxylic acids is 1. The van der Waals surface area contributed by atoms with Crippen LogP contribution < -0.4 is 79.9 Å². The van der Waals surface area contributed by atoms with Gasteiger partial charge in [-0.25, -0.2) is 5.90 Å². The first-order valence-corrected chi connectivity index (χ1v) is 1.29. The van der Waals surface area contributed by atoms with E-state index >= 15 is 0 Å². The van der Waals surface area contributed by atoms with Crippen molar-refractivity contribution >= 4 is 5.97 Å². The summed E-state index contributed by atoms with van der Waals surface area (Å²) in [6.45, 7) is -0.542. The average Bonchev–Trinajstić information content (AvgIpc) is 1.35. The van der Waals surface area contributed by atoms with Gasteiger partial charge in [0.1, 0.15) is 6.61 Å². The van der Waals surface area contributed by atoms with Crippen LogP contribution in [0.1, 0.15) is 0 Å². The number of hydrogen-bond acceptors (Lipinski definition) is 4. The molecule has 0 aromatic rings. The van der Waals surface area contributed by atoms with Gasteiger partial charge in [-0.2, -0.15) is 0 Å². The van der Waals surface area contributed by atoms with Crippen molar-refractivity contribution < 1.29 is 83.6 Å². The van der Waals surface area contributed by atoms with Gasteiger partial charge >= 0.3 is 68.9 Å². The molecule has 0 rings (SSSR count). The van der Waals surface area contributed by atoms with Gasteiger partial charge in [-0.15, -0.1) is 0 Å². The third-order valence-corrected chi connectivity index (χ3v) is 0.201. The molecule has 2 N–H and O–H groups in total. The largest absolute Gasteiger partial charge is 1.00 e. The molecule has 36 valence electrons. The molecule has 0 saturated heterocycles. The minimum atomic E-state index is -1.31. The topological polar surface area (TPSA) is 75.4 Å². The third-order valence-electron chi connectivity index (χ3n) is 0.201. The Bertz CT molecular complexity index is 56.9. The van der Waals surface area contributed by atoms with Crippen molar-refractivity contribution in [2.45, 2.75) is 0 Å². The summed E-state index contributed by atoms with van der Waals surface area (Å²) in [6, 6.07) is 0. The first kappa shape index (κ1) is 11.3. The van der Waals surface area contributed by atoms with Gasteiger partial charge < -0.3 is 9.90 Å². The Morgan fingerprint density at radius 1 is 1.86 bits per heavy atom. The Kier molecular flexibility index (Phi) is 12.0. The van der Waals surface area contributed by atoms with E-state index < -0.39 is 12.6 Å². The Hall–Kier alpha value is 1.44. The summed E-state index contributed by atoms with van der Waals surface area (Å²) in [6.07, 6.45) is 0. The number of carboxylic acids is 1. The third kappa shape index (κ3) is 11.2. The molecule has 0 amide bonds. The Balaban J connectivity index is 0. The molecule has 0 heterocycles. The minimum Gasteiger partial charge on any atom is -0.548 e. The van der Waals surface area contributed by atoms with E-state index in [1.807, 2.05) is 0 Å². The molecular weight excluding hydrogens is 219 g/mol. The molecule has 0 aliphatic carbocycles. The fraction of sp³-hybridized carbons (Fsp3) is 0.500. The van der Waals surface area contributed by atoms with Crippen LogP contribution in [0.4, 0.5) is 0 Å². The number of carbonyl (C=O) groups excluding carboxylic acids is 1. The van der Waals surface area contributed by atoms with Crippen molar-refractivity contribution in [1.82, 2.24) is 0 Å². The van der Waals surface area contributed by atoms with Crippen LogP contribution in [-0.2, 0) is 9.63 Å². The predicted octanol–water partition coefficient (Wildman–Crippen LogP) is -5.37. The molecule has 0 aromatic carbocycles. The maximum Gasteiger partial charge on any atom is 1.00 e. The van der Waals surface area contributed by atoms with E-state index in [1.54, 1.807) is 0 Å². The van der Waals surface area contributed by atoms with Crippen LogP contribution in [0.2, 0.25) is 0 Å². The second-order valence-electron chi connectivity index (χ2n) is 0.683. The smallest absolute Gasteiger partial charge is 0.548 e. The number of carbonyl (C=O) groups is 1. The number of carboxylic acid groups (broad SMARTS) is 1. The molecule has 0 unspecified atom stereocenters. The predicted molar refractivity (Wildman–Crippen MR) is 15.1 cm³/mol. The quantitative estimate of drug-likeness (QED) is 0.474. The monoisotopic (exact) mass is 223 g/mol. The molecule has 0 atom stereocenters. The standard InChI is InChI=1S/C2H5NO3.Cs/c3-6-1-2(4)5;/h1,3H2,(H,4,5);/q;+1/p-1. The summed E-state index contributed by atoms with van der Waals surface area (Å²) >= 11 is 0. The van der Waals surface area contributed by atoms with E-state index in [4.69, 9.17) is 0 Å². The zero-order valence-electron chi connectivity index (χ0n) is 4.01. The van der Waals surface area contributed by atoms with Gasteiger partial charge in [0.15, 0.2) is 0 Å². The number of hydrogen-bond donors (Lipinski definition) is 1. The van der Waals surface area contributed by atoms with Crippen LogP contribution >= 0.6 is 0 Å². The van der Waals surface area contributed by atoms with Gasteiger partial charge in [0.25, 0.3) is 0 Å². The molecule has 0 aromatic heterocycles. The Morgan fingerprint density at radius 3 is 2.29 bits per heavy atom. The first-order valence-electron chi connectivity index (χ1n) is 1.29. The van der Waals surface area contributed by atoms with Crippen LogP contribution in [0.25, 0.3) is 0 Å². The SMILES string of the molecule is NOCC(=O)[O-].[Cs+]. The van der Waals surface area contributed by atoms with Crippen molar-refractivity contribution in [3.8, 4) is 0 Å². The van der Waals surface area contributed by atoms with E-state index in [1.165, 1.54) is 0 Å². The van der Waals surface area contributed by atoms with Gasteiger partial charge in [0.2, 0.25) is 0 Å². The number of rotatable bonds is 2. The van der Waals surface area contributed by atoms with Gasteiger partial charge in [-0.1, -0.05) is 0 Å². The molecule has 4 nitrogen and oxygen atoms in total. The molecule has 0 fully saturated rings. The van der Waals surface area contributed by atoms with Crippen molar-refractivity contribution in [2.24, 2.45) is 5.90 Å². The summed E-state index contributed by atoms with van der Waals surface area (Å²) in [4.78, 5) is 12.9. The fourth-order valence-corrected chi connectivity index (χ4v) is 0.0680. The molecule has 5 heteroatoms. The maximum atomic E-state index is 9.28. The summed E-state index contributed by atoms with van der Waals surface area (Å²) in [5.74, 6) is 3.00. The average molecular weight is 223 g/mol. The molecule has 0 aliphatic heterocycles.